The van der Waals surface area contributed by atoms with E-state index in [1.165, 1.54) is 23.3 Å². The van der Waals surface area contributed by atoms with Crippen LogP contribution in [0, 0.1) is 19.1 Å². The van der Waals surface area contributed by atoms with E-state index in [1.54, 1.807) is 0 Å². The molecule has 0 spiro atoms. The molecule has 3 rings (SSSR count). The summed E-state index contributed by atoms with van der Waals surface area (Å²) >= 11 is 0. The average Bonchev–Trinajstić information content (AvgIpc) is 2.91. The standard InChI is InChI=1S/C20H20N.C11H9.C2H6.K/c1-2-18(19-13-7-4-8-14-19)16-20(21)15-9-12-17-10-5-3-6-11-17;1-3-10(4-2)11-8-6-5-7-9-11;1-2;/h2-15,21H,16H2,1H3;1-9H;1-2H3;/q-1;-3;;+1/b12-9+,18-2+,20-15+;;;. The van der Waals surface area contributed by atoms with Crippen LogP contribution in [0.3, 0.4) is 0 Å². The summed E-state index contributed by atoms with van der Waals surface area (Å²) in [4.78, 5) is 0. The molecule has 0 fully saturated rings. The second-order valence-electron chi connectivity index (χ2n) is 6.97. The van der Waals surface area contributed by atoms with Gasteiger partial charge in [0, 0.05) is 0 Å². The monoisotopic (exact) mass is 484 g/mol. The summed E-state index contributed by atoms with van der Waals surface area (Å²) in [6.07, 6.45) is 11.5. The Kier molecular flexibility index (Phi) is 19.6. The predicted octanol–water partition coefficient (Wildman–Crippen LogP) is 6.75. The summed E-state index contributed by atoms with van der Waals surface area (Å²) in [5.74, 6) is 0.852. The van der Waals surface area contributed by atoms with Crippen molar-refractivity contribution >= 4 is 11.6 Å². The topological polar surface area (TPSA) is 23.8 Å². The Labute approximate surface area is 256 Å². The Balaban J connectivity index is 0.000000700. The molecule has 0 saturated heterocycles. The molecule has 0 radical (unpaired) electrons. The van der Waals surface area contributed by atoms with Crippen LogP contribution in [-0.2, 0) is 0 Å². The molecule has 0 saturated carbocycles. The van der Waals surface area contributed by atoms with E-state index in [0.29, 0.717) is 12.1 Å². The number of nitrogens with one attached hydrogen (secondary N) is 1. The average molecular weight is 485 g/mol. The molecule has 0 aromatic heterocycles. The van der Waals surface area contributed by atoms with Crippen molar-refractivity contribution < 1.29 is 51.4 Å². The van der Waals surface area contributed by atoms with Crippen molar-refractivity contribution in [3.05, 3.63) is 169 Å². The molecule has 2 heteroatoms. The van der Waals surface area contributed by atoms with Crippen LogP contribution in [0.1, 0.15) is 43.9 Å². The molecule has 0 bridgehead atoms. The van der Waals surface area contributed by atoms with Gasteiger partial charge in [0.25, 0.3) is 0 Å². The van der Waals surface area contributed by atoms with Gasteiger partial charge < -0.3 is 37.0 Å². The molecule has 0 amide bonds. The number of hydrogen-bond donors (Lipinski definition) is 0. The van der Waals surface area contributed by atoms with Crippen LogP contribution in [0.25, 0.3) is 17.4 Å². The Morgan fingerprint density at radius 3 is 1.77 bits per heavy atom. The predicted molar refractivity (Wildman–Crippen MR) is 150 cm³/mol. The Morgan fingerprint density at radius 2 is 1.29 bits per heavy atom. The summed E-state index contributed by atoms with van der Waals surface area (Å²) in [6, 6.07) is 30.1. The maximum atomic E-state index is 8.09. The van der Waals surface area contributed by atoms with Crippen molar-refractivity contribution in [3.63, 3.8) is 0 Å². The maximum absolute atomic E-state index is 8.09. The summed E-state index contributed by atoms with van der Waals surface area (Å²) in [6.45, 7) is 16.7. The van der Waals surface area contributed by atoms with E-state index >= 15 is 0 Å². The third-order valence-electron chi connectivity index (χ3n) is 4.73. The van der Waals surface area contributed by atoms with Gasteiger partial charge in [0.2, 0.25) is 0 Å². The molecule has 0 unspecified atom stereocenters. The fraction of sp³-hybridized carbons (Fsp3) is 0.121. The second kappa shape index (κ2) is 21.0. The van der Waals surface area contributed by atoms with Gasteiger partial charge in [-0.15, -0.1) is 0 Å². The molecular weight excluding hydrogens is 449 g/mol. The first-order chi connectivity index (χ1) is 16.7. The second-order valence-corrected chi connectivity index (χ2v) is 6.97. The van der Waals surface area contributed by atoms with Crippen molar-refractivity contribution in [1.29, 1.82) is 0 Å². The molecule has 1 nitrogen and oxygen atoms in total. The fourth-order valence-electron chi connectivity index (χ4n) is 3.01. The zero-order chi connectivity index (χ0) is 25.0. The van der Waals surface area contributed by atoms with Crippen molar-refractivity contribution in [3.8, 4) is 0 Å². The minimum Gasteiger partial charge on any atom is -0.702 e. The molecule has 0 atom stereocenters. The van der Waals surface area contributed by atoms with E-state index in [-0.39, 0.29) is 51.4 Å². The molecular formula is C33H35KN-3. The molecule has 0 heterocycles. The molecule has 3 aromatic carbocycles. The van der Waals surface area contributed by atoms with E-state index in [4.69, 9.17) is 18.9 Å². The van der Waals surface area contributed by atoms with E-state index in [2.05, 4.69) is 30.3 Å². The molecule has 0 aliphatic rings. The quantitative estimate of drug-likeness (QED) is 0.192. The minimum atomic E-state index is 0. The van der Waals surface area contributed by atoms with Crippen molar-refractivity contribution in [1.82, 2.24) is 0 Å². The SMILES string of the molecule is C/C=C(\C/C([NH-])=C\C=C\c1ccccc1)c1ccccc1.CC.[CH-]=C[C-](C=[CH-])c1ccccc1.[K+]. The Morgan fingerprint density at radius 1 is 0.800 bits per heavy atom. The summed E-state index contributed by atoms with van der Waals surface area (Å²) in [5.41, 5.74) is 13.3. The van der Waals surface area contributed by atoms with Gasteiger partial charge in [-0.25, -0.2) is 0 Å². The summed E-state index contributed by atoms with van der Waals surface area (Å²) < 4.78 is 0. The minimum absolute atomic E-state index is 0. The van der Waals surface area contributed by atoms with Gasteiger partial charge in [-0.2, -0.15) is 11.3 Å². The van der Waals surface area contributed by atoms with Crippen LogP contribution < -0.4 is 51.4 Å². The van der Waals surface area contributed by atoms with Gasteiger partial charge in [-0.1, -0.05) is 129 Å². The van der Waals surface area contributed by atoms with Crippen molar-refractivity contribution in [2.45, 2.75) is 27.2 Å². The third kappa shape index (κ3) is 13.4. The van der Waals surface area contributed by atoms with Crippen LogP contribution in [0.5, 0.6) is 0 Å². The largest absolute Gasteiger partial charge is 1.00 e. The Bertz CT molecular complexity index is 1020. The van der Waals surface area contributed by atoms with Crippen molar-refractivity contribution in [2.75, 3.05) is 0 Å². The van der Waals surface area contributed by atoms with Gasteiger partial charge in [0.15, 0.2) is 0 Å². The molecule has 0 aliphatic carbocycles. The van der Waals surface area contributed by atoms with E-state index in [1.807, 2.05) is 106 Å². The normalized spacial score (nSPS) is 10.6. The van der Waals surface area contributed by atoms with Gasteiger partial charge in [0.1, 0.15) is 0 Å². The first-order valence-electron chi connectivity index (χ1n) is 11.5. The molecule has 35 heavy (non-hydrogen) atoms. The number of hydrogen-bond acceptors (Lipinski definition) is 0. The number of benzene rings is 3. The third-order valence-corrected chi connectivity index (χ3v) is 4.73. The van der Waals surface area contributed by atoms with Gasteiger partial charge in [-0.05, 0) is 30.0 Å². The van der Waals surface area contributed by atoms with Gasteiger partial charge in [-0.3, -0.25) is 0 Å². The zero-order valence-electron chi connectivity index (χ0n) is 21.5. The number of allylic oxidation sites excluding steroid dienone is 6. The summed E-state index contributed by atoms with van der Waals surface area (Å²) in [5, 5.41) is 0. The first-order valence-corrected chi connectivity index (χ1v) is 11.5. The zero-order valence-corrected chi connectivity index (χ0v) is 24.6. The van der Waals surface area contributed by atoms with Crippen molar-refractivity contribution in [2.24, 2.45) is 0 Å². The smallest absolute Gasteiger partial charge is 0.702 e. The van der Waals surface area contributed by atoms with Gasteiger partial charge >= 0.3 is 51.4 Å². The Hall–Kier alpha value is -2.33. The van der Waals surface area contributed by atoms with Gasteiger partial charge in [0.05, 0.1) is 0 Å². The van der Waals surface area contributed by atoms with Crippen LogP contribution in [0.2, 0.25) is 0 Å². The van der Waals surface area contributed by atoms with Crippen LogP contribution in [0.15, 0.2) is 127 Å². The fourth-order valence-corrected chi connectivity index (χ4v) is 3.01. The van der Waals surface area contributed by atoms with E-state index in [0.717, 1.165) is 17.0 Å². The van der Waals surface area contributed by atoms with Crippen LogP contribution in [-0.4, -0.2) is 0 Å². The maximum Gasteiger partial charge on any atom is 1.00 e. The van der Waals surface area contributed by atoms with E-state index in [9.17, 15) is 0 Å². The molecule has 176 valence electrons. The van der Waals surface area contributed by atoms with Crippen LogP contribution in [0.4, 0.5) is 0 Å². The summed E-state index contributed by atoms with van der Waals surface area (Å²) in [7, 11) is 0. The first kappa shape index (κ1) is 32.7. The number of rotatable bonds is 8. The molecule has 0 aliphatic heterocycles. The van der Waals surface area contributed by atoms with Crippen LogP contribution >= 0.6 is 0 Å². The molecule has 3 aromatic rings. The molecule has 1 N–H and O–H groups in total. The van der Waals surface area contributed by atoms with E-state index < -0.39 is 0 Å².